The van der Waals surface area contributed by atoms with E-state index in [1.807, 2.05) is 30.3 Å². The van der Waals surface area contributed by atoms with Crippen molar-refractivity contribution in [2.24, 2.45) is 10.7 Å². The Kier molecular flexibility index (Phi) is 7.47. The van der Waals surface area contributed by atoms with Crippen LogP contribution in [0.2, 0.25) is 0 Å². The fourth-order valence-corrected chi connectivity index (χ4v) is 3.26. The van der Waals surface area contributed by atoms with Crippen molar-refractivity contribution < 1.29 is 18.7 Å². The van der Waals surface area contributed by atoms with Crippen LogP contribution in [0.3, 0.4) is 0 Å². The lowest BCUT2D eigenvalue weighted by Gasteiger charge is -2.17. The molecule has 0 atom stereocenters. The Morgan fingerprint density at radius 3 is 2.53 bits per heavy atom. The minimum Gasteiger partial charge on any atom is -0.496 e. The number of nitrogens with two attached hydrogens (primary N) is 1. The van der Waals surface area contributed by atoms with Crippen LogP contribution in [0.5, 0.6) is 11.5 Å². The quantitative estimate of drug-likeness (QED) is 0.308. The lowest BCUT2D eigenvalue weighted by atomic mass is 9.95. The van der Waals surface area contributed by atoms with E-state index in [9.17, 15) is 9.18 Å². The number of amides is 1. The highest BCUT2D eigenvalue weighted by Gasteiger charge is 2.25. The molecule has 32 heavy (non-hydrogen) atoms. The highest BCUT2D eigenvalue weighted by Crippen LogP contribution is 2.43. The lowest BCUT2D eigenvalue weighted by molar-refractivity contribution is 0.0999. The molecule has 162 valence electrons. The molecule has 0 aliphatic rings. The van der Waals surface area contributed by atoms with E-state index >= 15 is 0 Å². The number of carbonyl (C=O) groups excluding carboxylic acids is 1. The summed E-state index contributed by atoms with van der Waals surface area (Å²) in [6.45, 7) is 7.79. The molecule has 8 heteroatoms. The summed E-state index contributed by atoms with van der Waals surface area (Å²) in [6.07, 6.45) is 1.69. The first-order valence-corrected chi connectivity index (χ1v) is 10.7. The molecule has 0 aromatic heterocycles. The van der Waals surface area contributed by atoms with E-state index in [1.165, 1.54) is 37.4 Å². The SMILES string of the molecule is [C-]#[N+]c1ccc(OCc2ccccc2)c(C(=O)N=C(N)SC)c1-c1cc(F)ccc1OC. The van der Waals surface area contributed by atoms with Gasteiger partial charge in [-0.25, -0.2) is 9.24 Å². The number of thioether (sulfide) groups is 1. The standard InChI is InChI=1S/C24H20FN3O3S/c1-27-18-10-12-20(31-14-15-7-5-4-6-8-15)22(23(29)28-24(26)32-3)21(18)17-13-16(25)9-11-19(17)30-2/h4-13H,14H2,2-3H3,(H2,26,28,29). The van der Waals surface area contributed by atoms with Crippen LogP contribution in [0, 0.1) is 12.4 Å². The summed E-state index contributed by atoms with van der Waals surface area (Å²) in [4.78, 5) is 20.6. The van der Waals surface area contributed by atoms with Gasteiger partial charge < -0.3 is 15.2 Å². The number of benzene rings is 3. The van der Waals surface area contributed by atoms with Crippen molar-refractivity contribution in [3.05, 3.63) is 89.0 Å². The second-order valence-electron chi connectivity index (χ2n) is 6.52. The third-order valence-corrected chi connectivity index (χ3v) is 5.08. The molecule has 0 heterocycles. The molecule has 0 aliphatic heterocycles. The highest BCUT2D eigenvalue weighted by molar-refractivity contribution is 8.13. The Hall–Kier alpha value is -3.83. The van der Waals surface area contributed by atoms with Gasteiger partial charge in [0.2, 0.25) is 0 Å². The number of hydrogen-bond acceptors (Lipinski definition) is 4. The third kappa shape index (κ3) is 5.07. The molecule has 2 N–H and O–H groups in total. The summed E-state index contributed by atoms with van der Waals surface area (Å²) in [5.41, 5.74) is 7.21. The first-order chi connectivity index (χ1) is 15.5. The van der Waals surface area contributed by atoms with E-state index in [-0.39, 0.29) is 39.9 Å². The Morgan fingerprint density at radius 1 is 1.16 bits per heavy atom. The number of halogens is 1. The lowest BCUT2D eigenvalue weighted by Crippen LogP contribution is -2.12. The van der Waals surface area contributed by atoms with E-state index < -0.39 is 11.7 Å². The van der Waals surface area contributed by atoms with Gasteiger partial charge in [0.05, 0.1) is 19.2 Å². The number of amidine groups is 1. The summed E-state index contributed by atoms with van der Waals surface area (Å²) >= 11 is 1.11. The summed E-state index contributed by atoms with van der Waals surface area (Å²) in [5.74, 6) is -0.748. The van der Waals surface area contributed by atoms with Gasteiger partial charge >= 0.3 is 0 Å². The molecule has 3 aromatic rings. The monoisotopic (exact) mass is 449 g/mol. The minimum atomic E-state index is -0.702. The van der Waals surface area contributed by atoms with Gasteiger partial charge in [-0.1, -0.05) is 48.2 Å². The van der Waals surface area contributed by atoms with Gasteiger partial charge in [-0.15, -0.1) is 0 Å². The van der Waals surface area contributed by atoms with Crippen LogP contribution in [-0.4, -0.2) is 24.4 Å². The van der Waals surface area contributed by atoms with Crippen molar-refractivity contribution in [1.82, 2.24) is 0 Å². The molecule has 6 nitrogen and oxygen atoms in total. The molecular formula is C24H20FN3O3S. The first-order valence-electron chi connectivity index (χ1n) is 9.46. The predicted molar refractivity (Wildman–Crippen MR) is 125 cm³/mol. The maximum absolute atomic E-state index is 14.2. The highest BCUT2D eigenvalue weighted by atomic mass is 32.2. The van der Waals surface area contributed by atoms with Crippen molar-refractivity contribution in [1.29, 1.82) is 0 Å². The molecule has 0 spiro atoms. The fourth-order valence-electron chi connectivity index (χ4n) is 3.08. The molecule has 0 saturated carbocycles. The first kappa shape index (κ1) is 22.8. The largest absolute Gasteiger partial charge is 0.496 e. The molecule has 3 rings (SSSR count). The molecule has 0 aliphatic carbocycles. The van der Waals surface area contributed by atoms with Crippen LogP contribution in [0.15, 0.2) is 65.7 Å². The smallest absolute Gasteiger partial charge is 0.282 e. The van der Waals surface area contributed by atoms with Gasteiger partial charge in [-0.3, -0.25) is 4.79 Å². The number of carbonyl (C=O) groups is 1. The van der Waals surface area contributed by atoms with Crippen molar-refractivity contribution in [3.8, 4) is 22.6 Å². The van der Waals surface area contributed by atoms with Crippen molar-refractivity contribution in [2.45, 2.75) is 6.61 Å². The van der Waals surface area contributed by atoms with Gasteiger partial charge in [0, 0.05) is 11.1 Å². The van der Waals surface area contributed by atoms with Gasteiger partial charge in [0.25, 0.3) is 5.91 Å². The third-order valence-electron chi connectivity index (χ3n) is 4.57. The zero-order valence-corrected chi connectivity index (χ0v) is 18.3. The fraction of sp³-hybridized carbons (Fsp3) is 0.125. The van der Waals surface area contributed by atoms with Crippen molar-refractivity contribution in [3.63, 3.8) is 0 Å². The average Bonchev–Trinajstić information content (AvgIpc) is 2.82. The Labute approximate surface area is 189 Å². The summed E-state index contributed by atoms with van der Waals surface area (Å²) in [7, 11) is 1.43. The topological polar surface area (TPSA) is 78.3 Å². The van der Waals surface area contributed by atoms with E-state index in [0.29, 0.717) is 5.75 Å². The van der Waals surface area contributed by atoms with Crippen LogP contribution >= 0.6 is 11.8 Å². The van der Waals surface area contributed by atoms with Crippen molar-refractivity contribution >= 4 is 28.5 Å². The van der Waals surface area contributed by atoms with E-state index in [4.69, 9.17) is 21.8 Å². The normalized spacial score (nSPS) is 11.0. The zero-order valence-electron chi connectivity index (χ0n) is 17.5. The molecule has 0 radical (unpaired) electrons. The van der Waals surface area contributed by atoms with Gasteiger partial charge in [-0.05, 0) is 36.1 Å². The maximum Gasteiger partial charge on any atom is 0.282 e. The van der Waals surface area contributed by atoms with Crippen LogP contribution in [0.1, 0.15) is 15.9 Å². The molecule has 0 saturated heterocycles. The average molecular weight is 450 g/mol. The zero-order chi connectivity index (χ0) is 23.1. The molecule has 0 fully saturated rings. The molecular weight excluding hydrogens is 429 g/mol. The Balaban J connectivity index is 2.25. The summed E-state index contributed by atoms with van der Waals surface area (Å²) in [5, 5.41) is 0.0504. The molecule has 0 unspecified atom stereocenters. The van der Waals surface area contributed by atoms with E-state index in [0.717, 1.165) is 17.3 Å². The van der Waals surface area contributed by atoms with Crippen molar-refractivity contribution in [2.75, 3.05) is 13.4 Å². The summed E-state index contributed by atoms with van der Waals surface area (Å²) < 4.78 is 25.5. The maximum atomic E-state index is 14.2. The second kappa shape index (κ2) is 10.5. The number of rotatable bonds is 6. The van der Waals surface area contributed by atoms with E-state index in [1.54, 1.807) is 6.26 Å². The molecule has 3 aromatic carbocycles. The van der Waals surface area contributed by atoms with Crippen LogP contribution in [0.25, 0.3) is 16.0 Å². The second-order valence-corrected chi connectivity index (χ2v) is 7.35. The Bertz CT molecular complexity index is 1210. The minimum absolute atomic E-state index is 0.00957. The molecule has 1 amide bonds. The van der Waals surface area contributed by atoms with E-state index in [2.05, 4.69) is 9.84 Å². The van der Waals surface area contributed by atoms with Crippen LogP contribution in [0.4, 0.5) is 10.1 Å². The van der Waals surface area contributed by atoms with Gasteiger partial charge in [0.1, 0.15) is 23.9 Å². The Morgan fingerprint density at radius 2 is 1.88 bits per heavy atom. The number of hydrogen-bond donors (Lipinski definition) is 1. The van der Waals surface area contributed by atoms with Crippen LogP contribution < -0.4 is 15.2 Å². The number of nitrogens with zero attached hydrogens (tertiary/aromatic N) is 2. The number of aliphatic imine (C=N–C) groups is 1. The predicted octanol–water partition coefficient (Wildman–Crippen LogP) is 5.45. The molecule has 0 bridgehead atoms. The number of ether oxygens (including phenoxy) is 2. The van der Waals surface area contributed by atoms with Gasteiger partial charge in [0.15, 0.2) is 10.9 Å². The summed E-state index contributed by atoms with van der Waals surface area (Å²) in [6, 6.07) is 16.3. The van der Waals surface area contributed by atoms with Gasteiger partial charge in [-0.2, -0.15) is 4.99 Å². The number of methoxy groups -OCH3 is 1. The van der Waals surface area contributed by atoms with Crippen LogP contribution in [-0.2, 0) is 6.61 Å².